The average Bonchev–Trinajstić information content (AvgIpc) is 2.87. The highest BCUT2D eigenvalue weighted by atomic mass is 35.5. The quantitative estimate of drug-likeness (QED) is 0.380. The lowest BCUT2D eigenvalue weighted by Crippen LogP contribution is -2.53. The highest BCUT2D eigenvalue weighted by Gasteiger charge is 2.31. The second-order valence-corrected chi connectivity index (χ2v) is 9.21. The number of hydrogen-bond donors (Lipinski definition) is 1. The van der Waals surface area contributed by atoms with Gasteiger partial charge in [-0.05, 0) is 55.7 Å². The first-order valence-electron chi connectivity index (χ1n) is 11.9. The van der Waals surface area contributed by atoms with E-state index < -0.39 is 6.04 Å². The van der Waals surface area contributed by atoms with Crippen molar-refractivity contribution in [1.82, 2.24) is 10.2 Å². The third-order valence-electron chi connectivity index (χ3n) is 5.92. The van der Waals surface area contributed by atoms with Crippen molar-refractivity contribution >= 4 is 23.4 Å². The van der Waals surface area contributed by atoms with E-state index in [4.69, 9.17) is 16.3 Å². The Morgan fingerprint density at radius 1 is 0.943 bits per heavy atom. The van der Waals surface area contributed by atoms with Crippen LogP contribution in [0.3, 0.4) is 0 Å². The highest BCUT2D eigenvalue weighted by Crippen LogP contribution is 2.18. The SMILES string of the molecule is CCC(C)NC(=O)C(Cc1ccccc1)N(Cc1ccc(C)cc1)C(=O)COc1ccc(Cl)cc1. The van der Waals surface area contributed by atoms with E-state index in [2.05, 4.69) is 5.32 Å². The van der Waals surface area contributed by atoms with Crippen LogP contribution in [0.15, 0.2) is 78.9 Å². The molecular formula is C29H33ClN2O3. The van der Waals surface area contributed by atoms with Crippen molar-refractivity contribution in [3.8, 4) is 5.75 Å². The molecule has 3 aromatic carbocycles. The summed E-state index contributed by atoms with van der Waals surface area (Å²) in [6.07, 6.45) is 1.21. The number of ether oxygens (including phenoxy) is 1. The Bertz CT molecular complexity index is 1090. The van der Waals surface area contributed by atoms with E-state index in [1.54, 1.807) is 29.2 Å². The molecule has 0 saturated carbocycles. The number of nitrogens with one attached hydrogen (secondary N) is 1. The summed E-state index contributed by atoms with van der Waals surface area (Å²) in [6, 6.07) is 23.9. The van der Waals surface area contributed by atoms with Gasteiger partial charge in [-0.3, -0.25) is 9.59 Å². The maximum Gasteiger partial charge on any atom is 0.261 e. The molecule has 0 radical (unpaired) electrons. The summed E-state index contributed by atoms with van der Waals surface area (Å²) in [5, 5.41) is 3.66. The molecule has 2 atom stereocenters. The molecule has 0 fully saturated rings. The molecule has 0 bridgehead atoms. The van der Waals surface area contributed by atoms with E-state index in [9.17, 15) is 9.59 Å². The number of benzene rings is 3. The predicted octanol–water partition coefficient (Wildman–Crippen LogP) is 5.58. The molecule has 3 aromatic rings. The molecule has 1 N–H and O–H groups in total. The number of halogens is 1. The largest absolute Gasteiger partial charge is 0.484 e. The van der Waals surface area contributed by atoms with Crippen LogP contribution in [0.5, 0.6) is 5.75 Å². The van der Waals surface area contributed by atoms with Crippen LogP contribution in [0.4, 0.5) is 0 Å². The Labute approximate surface area is 213 Å². The molecule has 5 nitrogen and oxygen atoms in total. The number of rotatable bonds is 11. The van der Waals surface area contributed by atoms with Gasteiger partial charge in [-0.2, -0.15) is 0 Å². The van der Waals surface area contributed by atoms with Gasteiger partial charge < -0.3 is 15.0 Å². The number of hydrogen-bond acceptors (Lipinski definition) is 3. The molecule has 0 aliphatic rings. The number of nitrogens with zero attached hydrogens (tertiary/aromatic N) is 1. The van der Waals surface area contributed by atoms with Crippen molar-refractivity contribution in [2.45, 2.75) is 52.2 Å². The number of carbonyl (C=O) groups excluding carboxylic acids is 2. The summed E-state index contributed by atoms with van der Waals surface area (Å²) < 4.78 is 5.76. The van der Waals surface area contributed by atoms with Crippen LogP contribution in [0.2, 0.25) is 5.02 Å². The van der Waals surface area contributed by atoms with E-state index in [1.807, 2.05) is 75.4 Å². The fourth-order valence-electron chi connectivity index (χ4n) is 3.64. The minimum atomic E-state index is -0.686. The topological polar surface area (TPSA) is 58.6 Å². The van der Waals surface area contributed by atoms with Gasteiger partial charge in [-0.1, -0.05) is 78.7 Å². The summed E-state index contributed by atoms with van der Waals surface area (Å²) in [5.41, 5.74) is 3.06. The zero-order valence-electron chi connectivity index (χ0n) is 20.5. The van der Waals surface area contributed by atoms with Gasteiger partial charge in [-0.25, -0.2) is 0 Å². The van der Waals surface area contributed by atoms with Crippen molar-refractivity contribution in [2.75, 3.05) is 6.61 Å². The van der Waals surface area contributed by atoms with Crippen LogP contribution in [0, 0.1) is 6.92 Å². The van der Waals surface area contributed by atoms with Gasteiger partial charge in [-0.15, -0.1) is 0 Å². The maximum atomic E-state index is 13.5. The summed E-state index contributed by atoms with van der Waals surface area (Å²) in [5.74, 6) is 0.109. The lowest BCUT2D eigenvalue weighted by atomic mass is 10.0. The maximum absolute atomic E-state index is 13.5. The monoisotopic (exact) mass is 492 g/mol. The van der Waals surface area contributed by atoms with Gasteiger partial charge in [0.1, 0.15) is 11.8 Å². The smallest absolute Gasteiger partial charge is 0.261 e. The summed E-state index contributed by atoms with van der Waals surface area (Å²) in [7, 11) is 0. The van der Waals surface area contributed by atoms with Crippen LogP contribution in [-0.2, 0) is 22.6 Å². The molecule has 0 heterocycles. The molecule has 35 heavy (non-hydrogen) atoms. The molecule has 3 rings (SSSR count). The van der Waals surface area contributed by atoms with Crippen LogP contribution < -0.4 is 10.1 Å². The minimum Gasteiger partial charge on any atom is -0.484 e. The first-order valence-corrected chi connectivity index (χ1v) is 12.3. The van der Waals surface area contributed by atoms with Crippen LogP contribution in [0.1, 0.15) is 37.0 Å². The summed E-state index contributed by atoms with van der Waals surface area (Å²) in [4.78, 5) is 28.6. The van der Waals surface area contributed by atoms with E-state index >= 15 is 0 Å². The van der Waals surface area contributed by atoms with Gasteiger partial charge in [0, 0.05) is 24.0 Å². The number of amides is 2. The van der Waals surface area contributed by atoms with E-state index in [-0.39, 0.29) is 24.5 Å². The van der Waals surface area contributed by atoms with E-state index in [0.717, 1.165) is 23.1 Å². The van der Waals surface area contributed by atoms with Crippen molar-refractivity contribution in [3.05, 3.63) is 101 Å². The second kappa shape index (κ2) is 13.0. The Morgan fingerprint density at radius 2 is 1.60 bits per heavy atom. The van der Waals surface area contributed by atoms with Crippen molar-refractivity contribution in [3.63, 3.8) is 0 Å². The third kappa shape index (κ3) is 8.15. The molecule has 2 unspecified atom stereocenters. The molecular weight excluding hydrogens is 460 g/mol. The number of aryl methyl sites for hydroxylation is 1. The summed E-state index contributed by atoms with van der Waals surface area (Å²) >= 11 is 5.96. The molecule has 0 aliphatic heterocycles. The minimum absolute atomic E-state index is 0.00224. The van der Waals surface area contributed by atoms with Gasteiger partial charge in [0.25, 0.3) is 5.91 Å². The molecule has 2 amide bonds. The van der Waals surface area contributed by atoms with Gasteiger partial charge in [0.05, 0.1) is 0 Å². The van der Waals surface area contributed by atoms with Crippen LogP contribution in [0.25, 0.3) is 0 Å². The lowest BCUT2D eigenvalue weighted by Gasteiger charge is -2.32. The van der Waals surface area contributed by atoms with Crippen LogP contribution >= 0.6 is 11.6 Å². The van der Waals surface area contributed by atoms with Gasteiger partial charge >= 0.3 is 0 Å². The fourth-order valence-corrected chi connectivity index (χ4v) is 3.77. The first-order chi connectivity index (χ1) is 16.9. The Hall–Kier alpha value is -3.31. The predicted molar refractivity (Wildman–Crippen MR) is 141 cm³/mol. The molecule has 0 spiro atoms. The zero-order valence-corrected chi connectivity index (χ0v) is 21.3. The molecule has 0 aromatic heterocycles. The lowest BCUT2D eigenvalue weighted by molar-refractivity contribution is -0.143. The molecule has 0 aliphatic carbocycles. The van der Waals surface area contributed by atoms with Crippen molar-refractivity contribution in [1.29, 1.82) is 0 Å². The second-order valence-electron chi connectivity index (χ2n) is 8.77. The standard InChI is InChI=1S/C29H33ClN2O3/c1-4-22(3)31-29(34)27(18-23-8-6-5-7-9-23)32(19-24-12-10-21(2)11-13-24)28(33)20-35-26-16-14-25(30)15-17-26/h5-17,22,27H,4,18-20H2,1-3H3,(H,31,34). The highest BCUT2D eigenvalue weighted by molar-refractivity contribution is 6.30. The Kier molecular flexibility index (Phi) is 9.74. The fraction of sp³-hybridized carbons (Fsp3) is 0.310. The Morgan fingerprint density at radius 3 is 2.23 bits per heavy atom. The van der Waals surface area contributed by atoms with E-state index in [1.165, 1.54) is 0 Å². The summed E-state index contributed by atoms with van der Waals surface area (Å²) in [6.45, 7) is 6.12. The molecule has 184 valence electrons. The number of carbonyl (C=O) groups is 2. The van der Waals surface area contributed by atoms with Crippen molar-refractivity contribution < 1.29 is 14.3 Å². The molecule has 0 saturated heterocycles. The first kappa shape index (κ1) is 26.3. The van der Waals surface area contributed by atoms with Gasteiger partial charge in [0.15, 0.2) is 6.61 Å². The third-order valence-corrected chi connectivity index (χ3v) is 6.17. The van der Waals surface area contributed by atoms with Crippen LogP contribution in [-0.4, -0.2) is 35.4 Å². The van der Waals surface area contributed by atoms with Gasteiger partial charge in [0.2, 0.25) is 5.91 Å². The Balaban J connectivity index is 1.89. The molecule has 6 heteroatoms. The van der Waals surface area contributed by atoms with Crippen molar-refractivity contribution in [2.24, 2.45) is 0 Å². The normalized spacial score (nSPS) is 12.5. The van der Waals surface area contributed by atoms with E-state index in [0.29, 0.717) is 23.7 Å². The average molecular weight is 493 g/mol. The zero-order chi connectivity index (χ0) is 25.2.